The van der Waals surface area contributed by atoms with E-state index in [4.69, 9.17) is 23.2 Å². The van der Waals surface area contributed by atoms with Gasteiger partial charge >= 0.3 is 5.97 Å². The topological polar surface area (TPSA) is 40.5 Å². The Labute approximate surface area is 161 Å². The Hall–Kier alpha value is -1.20. The van der Waals surface area contributed by atoms with Gasteiger partial charge in [0.1, 0.15) is 6.04 Å². The zero-order valence-corrected chi connectivity index (χ0v) is 16.1. The molecule has 6 heteroatoms. The Morgan fingerprint density at radius 1 is 1.16 bits per heavy atom. The molecule has 0 amide bonds. The van der Waals surface area contributed by atoms with Gasteiger partial charge < -0.3 is 5.11 Å². The van der Waals surface area contributed by atoms with Crippen molar-refractivity contribution < 1.29 is 9.90 Å². The average molecular weight is 396 g/mol. The van der Waals surface area contributed by atoms with E-state index in [9.17, 15) is 9.90 Å². The molecule has 3 nitrogen and oxygen atoms in total. The first-order valence-electron chi connectivity index (χ1n) is 8.08. The molecule has 2 unspecified atom stereocenters. The number of carboxylic acid groups (broad SMARTS) is 1. The highest BCUT2D eigenvalue weighted by molar-refractivity contribution is 7.98. The summed E-state index contributed by atoms with van der Waals surface area (Å²) in [6.45, 7) is 0.742. The lowest BCUT2D eigenvalue weighted by Gasteiger charge is -2.32. The average Bonchev–Trinajstić information content (AvgIpc) is 3.08. The molecule has 132 valence electrons. The molecule has 3 rings (SSSR count). The third-order valence-electron chi connectivity index (χ3n) is 4.60. The Balaban J connectivity index is 2.06. The van der Waals surface area contributed by atoms with E-state index in [0.717, 1.165) is 24.1 Å². The van der Waals surface area contributed by atoms with E-state index in [1.165, 1.54) is 4.90 Å². The van der Waals surface area contributed by atoms with Crippen LogP contribution in [0, 0.1) is 0 Å². The predicted molar refractivity (Wildman–Crippen MR) is 104 cm³/mol. The van der Waals surface area contributed by atoms with Crippen LogP contribution in [0.1, 0.15) is 30.0 Å². The van der Waals surface area contributed by atoms with Crippen molar-refractivity contribution in [1.82, 2.24) is 4.90 Å². The van der Waals surface area contributed by atoms with Gasteiger partial charge in [0.25, 0.3) is 0 Å². The predicted octanol–water partition coefficient (Wildman–Crippen LogP) is 5.35. The molecule has 0 aliphatic carbocycles. The van der Waals surface area contributed by atoms with Crippen molar-refractivity contribution in [1.29, 1.82) is 0 Å². The summed E-state index contributed by atoms with van der Waals surface area (Å²) in [5, 5.41) is 10.6. The number of carbonyl (C=O) groups is 1. The molecule has 1 heterocycles. The molecule has 0 bridgehead atoms. The monoisotopic (exact) mass is 395 g/mol. The Kier molecular flexibility index (Phi) is 5.95. The lowest BCUT2D eigenvalue weighted by molar-refractivity contribution is -0.142. The van der Waals surface area contributed by atoms with Gasteiger partial charge in [0, 0.05) is 11.4 Å². The highest BCUT2D eigenvalue weighted by Gasteiger charge is 2.36. The van der Waals surface area contributed by atoms with Crippen LogP contribution in [0.5, 0.6) is 0 Å². The lowest BCUT2D eigenvalue weighted by atomic mass is 9.96. The van der Waals surface area contributed by atoms with Crippen LogP contribution in [0.3, 0.4) is 0 Å². The van der Waals surface area contributed by atoms with E-state index in [1.54, 1.807) is 17.8 Å². The fourth-order valence-corrected chi connectivity index (χ4v) is 4.12. The summed E-state index contributed by atoms with van der Waals surface area (Å²) in [4.78, 5) is 14.9. The fourth-order valence-electron chi connectivity index (χ4n) is 3.41. The summed E-state index contributed by atoms with van der Waals surface area (Å²) in [7, 11) is 0. The Morgan fingerprint density at radius 3 is 2.44 bits per heavy atom. The molecule has 2 atom stereocenters. The minimum Gasteiger partial charge on any atom is -0.480 e. The molecule has 2 aromatic rings. The Morgan fingerprint density at radius 2 is 1.84 bits per heavy atom. The number of nitrogens with zero attached hydrogens (tertiary/aromatic N) is 1. The third-order valence-corrected chi connectivity index (χ3v) is 6.08. The molecule has 0 radical (unpaired) electrons. The molecule has 1 saturated heterocycles. The second-order valence-electron chi connectivity index (χ2n) is 6.08. The van der Waals surface area contributed by atoms with E-state index in [1.807, 2.05) is 18.4 Å². The van der Waals surface area contributed by atoms with Crippen molar-refractivity contribution in [3.63, 3.8) is 0 Å². The third kappa shape index (κ3) is 3.98. The number of aliphatic carboxylic acids is 1. The lowest BCUT2D eigenvalue weighted by Crippen LogP contribution is -2.39. The summed E-state index contributed by atoms with van der Waals surface area (Å²) >= 11 is 14.0. The van der Waals surface area contributed by atoms with Crippen LogP contribution in [0.2, 0.25) is 10.0 Å². The number of likely N-dealkylation sites (tertiary alicyclic amines) is 1. The molecule has 1 aliphatic rings. The highest BCUT2D eigenvalue weighted by Crippen LogP contribution is 2.37. The summed E-state index contributed by atoms with van der Waals surface area (Å²) in [6, 6.07) is 13.2. The van der Waals surface area contributed by atoms with Gasteiger partial charge in [0.2, 0.25) is 0 Å². The van der Waals surface area contributed by atoms with Crippen molar-refractivity contribution in [2.24, 2.45) is 0 Å². The first-order valence-corrected chi connectivity index (χ1v) is 10.1. The fraction of sp³-hybridized carbons (Fsp3) is 0.316. The Bertz CT molecular complexity index is 767. The van der Waals surface area contributed by atoms with Gasteiger partial charge in [-0.2, -0.15) is 0 Å². The van der Waals surface area contributed by atoms with E-state index < -0.39 is 12.0 Å². The van der Waals surface area contributed by atoms with Crippen LogP contribution in [0.25, 0.3) is 0 Å². The maximum Gasteiger partial charge on any atom is 0.320 e. The number of benzene rings is 2. The maximum atomic E-state index is 11.7. The van der Waals surface area contributed by atoms with Crippen LogP contribution < -0.4 is 0 Å². The molecular formula is C19H19Cl2NO2S. The molecule has 1 N–H and O–H groups in total. The number of hydrogen-bond donors (Lipinski definition) is 1. The first kappa shape index (κ1) is 18.6. The minimum absolute atomic E-state index is 0.158. The van der Waals surface area contributed by atoms with Crippen LogP contribution in [-0.2, 0) is 4.79 Å². The zero-order valence-electron chi connectivity index (χ0n) is 13.8. The molecule has 0 spiro atoms. The largest absolute Gasteiger partial charge is 0.480 e. The molecule has 2 aromatic carbocycles. The van der Waals surface area contributed by atoms with E-state index in [0.29, 0.717) is 16.5 Å². The van der Waals surface area contributed by atoms with Gasteiger partial charge in [0.05, 0.1) is 16.1 Å². The van der Waals surface area contributed by atoms with Crippen molar-refractivity contribution >= 4 is 40.9 Å². The summed E-state index contributed by atoms with van der Waals surface area (Å²) in [5.74, 6) is -0.775. The number of hydrogen-bond acceptors (Lipinski definition) is 3. The molecule has 1 fully saturated rings. The van der Waals surface area contributed by atoms with Gasteiger partial charge in [-0.3, -0.25) is 9.69 Å². The van der Waals surface area contributed by atoms with Crippen LogP contribution >= 0.6 is 35.0 Å². The molecule has 1 aliphatic heterocycles. The number of thioether (sulfide) groups is 1. The van der Waals surface area contributed by atoms with Crippen LogP contribution in [0.4, 0.5) is 0 Å². The number of carboxylic acids is 1. The van der Waals surface area contributed by atoms with Crippen molar-refractivity contribution in [2.75, 3.05) is 12.8 Å². The van der Waals surface area contributed by atoms with Gasteiger partial charge in [-0.15, -0.1) is 11.8 Å². The molecule has 0 saturated carbocycles. The normalized spacial score (nSPS) is 19.1. The van der Waals surface area contributed by atoms with Gasteiger partial charge in [0.15, 0.2) is 0 Å². The van der Waals surface area contributed by atoms with Gasteiger partial charge in [-0.05, 0) is 54.5 Å². The van der Waals surface area contributed by atoms with E-state index >= 15 is 0 Å². The number of halogens is 2. The minimum atomic E-state index is -0.775. The second kappa shape index (κ2) is 8.00. The molecule has 25 heavy (non-hydrogen) atoms. The second-order valence-corrected chi connectivity index (χ2v) is 7.78. The van der Waals surface area contributed by atoms with Crippen LogP contribution in [0.15, 0.2) is 47.4 Å². The van der Waals surface area contributed by atoms with Gasteiger partial charge in [-0.25, -0.2) is 0 Å². The standard InChI is InChI=1S/C19H19Cl2NO2S/c1-25-14-7-4-12(5-8-14)18(13-6-9-15(20)16(21)11-13)22-10-2-3-17(22)19(23)24/h4-9,11,17-18H,2-3,10H2,1H3,(H,23,24). The maximum absolute atomic E-state index is 11.7. The molecular weight excluding hydrogens is 377 g/mol. The van der Waals surface area contributed by atoms with Crippen molar-refractivity contribution in [3.8, 4) is 0 Å². The summed E-state index contributed by atoms with van der Waals surface area (Å²) in [5.41, 5.74) is 2.02. The van der Waals surface area contributed by atoms with E-state index in [2.05, 4.69) is 29.2 Å². The van der Waals surface area contributed by atoms with E-state index in [-0.39, 0.29) is 6.04 Å². The molecule has 0 aromatic heterocycles. The SMILES string of the molecule is CSc1ccc(C(c2ccc(Cl)c(Cl)c2)N2CCCC2C(=O)O)cc1. The quantitative estimate of drug-likeness (QED) is 0.692. The van der Waals surface area contributed by atoms with Crippen molar-refractivity contribution in [3.05, 3.63) is 63.6 Å². The summed E-state index contributed by atoms with van der Waals surface area (Å²) in [6.07, 6.45) is 3.57. The highest BCUT2D eigenvalue weighted by atomic mass is 35.5. The first-order chi connectivity index (χ1) is 12.0. The van der Waals surface area contributed by atoms with Crippen molar-refractivity contribution in [2.45, 2.75) is 29.8 Å². The smallest absolute Gasteiger partial charge is 0.320 e. The summed E-state index contributed by atoms with van der Waals surface area (Å²) < 4.78 is 0. The zero-order chi connectivity index (χ0) is 18.0. The van der Waals surface area contributed by atoms with Gasteiger partial charge in [-0.1, -0.05) is 41.4 Å². The number of rotatable bonds is 5. The van der Waals surface area contributed by atoms with Crippen LogP contribution in [-0.4, -0.2) is 34.8 Å².